The van der Waals surface area contributed by atoms with Gasteiger partial charge in [0, 0.05) is 38.5 Å². The highest BCUT2D eigenvalue weighted by Gasteiger charge is 2.18. The highest BCUT2D eigenvalue weighted by Crippen LogP contribution is 2.33. The van der Waals surface area contributed by atoms with Crippen molar-refractivity contribution in [3.8, 4) is 0 Å². The van der Waals surface area contributed by atoms with Crippen molar-refractivity contribution in [1.82, 2.24) is 4.98 Å². The van der Waals surface area contributed by atoms with E-state index in [2.05, 4.69) is 10.3 Å². The first-order valence-electron chi connectivity index (χ1n) is 6.95. The molecule has 0 aliphatic rings. The Labute approximate surface area is 156 Å². The van der Waals surface area contributed by atoms with Crippen LogP contribution < -0.4 is 5.32 Å². The molecule has 9 heteroatoms. The second-order valence-electron chi connectivity index (χ2n) is 4.78. The van der Waals surface area contributed by atoms with Gasteiger partial charge in [-0.25, -0.2) is 4.98 Å². The largest absolute Gasteiger partial charge is 0.298 e. The number of halogens is 1. The highest BCUT2D eigenvalue weighted by atomic mass is 35.5. The van der Waals surface area contributed by atoms with Crippen molar-refractivity contribution in [2.75, 3.05) is 5.32 Å². The number of nitrogens with one attached hydrogen (secondary N) is 1. The number of nitrogens with zero attached hydrogens (tertiary/aromatic N) is 2. The fourth-order valence-electron chi connectivity index (χ4n) is 1.98. The molecular formula is C16H10ClN3O3S2. The molecule has 1 amide bonds. The minimum absolute atomic E-state index is 0.148. The molecular weight excluding hydrogens is 382 g/mol. The maximum Gasteiger partial charge on any atom is 0.270 e. The summed E-state index contributed by atoms with van der Waals surface area (Å²) in [6, 6.07) is 11.3. The third-order valence-electron chi connectivity index (χ3n) is 3.11. The van der Waals surface area contributed by atoms with Crippen LogP contribution in [0.4, 0.5) is 10.8 Å². The second-order valence-corrected chi connectivity index (χ2v) is 7.23. The van der Waals surface area contributed by atoms with E-state index >= 15 is 0 Å². The van der Waals surface area contributed by atoms with Crippen molar-refractivity contribution in [2.24, 2.45) is 0 Å². The van der Waals surface area contributed by atoms with E-state index in [1.54, 1.807) is 29.8 Å². The number of hydrogen-bond donors (Lipinski definition) is 1. The molecule has 3 aromatic rings. The van der Waals surface area contributed by atoms with Crippen molar-refractivity contribution in [3.63, 3.8) is 0 Å². The van der Waals surface area contributed by atoms with Gasteiger partial charge in [-0.15, -0.1) is 11.3 Å². The van der Waals surface area contributed by atoms with Gasteiger partial charge in [-0.1, -0.05) is 23.4 Å². The Balaban J connectivity index is 1.94. The first-order valence-corrected chi connectivity index (χ1v) is 9.03. The number of thiazole rings is 1. The van der Waals surface area contributed by atoms with Crippen molar-refractivity contribution >= 4 is 51.4 Å². The molecule has 25 heavy (non-hydrogen) atoms. The zero-order chi connectivity index (χ0) is 17.8. The molecule has 1 aromatic heterocycles. The molecule has 126 valence electrons. The van der Waals surface area contributed by atoms with Gasteiger partial charge in [-0.2, -0.15) is 0 Å². The summed E-state index contributed by atoms with van der Waals surface area (Å²) in [6.07, 6.45) is 1.57. The summed E-state index contributed by atoms with van der Waals surface area (Å²) in [4.78, 5) is 28.5. The van der Waals surface area contributed by atoms with Gasteiger partial charge in [0.25, 0.3) is 11.6 Å². The lowest BCUT2D eigenvalue weighted by atomic mass is 10.2. The van der Waals surface area contributed by atoms with Crippen LogP contribution in [0.2, 0.25) is 5.02 Å². The minimum atomic E-state index is -0.531. The molecule has 0 radical (unpaired) electrons. The Morgan fingerprint density at radius 3 is 2.64 bits per heavy atom. The molecule has 2 aromatic carbocycles. The van der Waals surface area contributed by atoms with Gasteiger partial charge < -0.3 is 0 Å². The average molecular weight is 392 g/mol. The van der Waals surface area contributed by atoms with Crippen LogP contribution in [0.15, 0.2) is 63.8 Å². The number of carbonyl (C=O) groups is 1. The molecule has 0 atom stereocenters. The Bertz CT molecular complexity index is 915. The van der Waals surface area contributed by atoms with Crippen molar-refractivity contribution in [2.45, 2.75) is 9.79 Å². The number of rotatable bonds is 5. The molecule has 0 aliphatic carbocycles. The van der Waals surface area contributed by atoms with Crippen LogP contribution >= 0.6 is 34.7 Å². The summed E-state index contributed by atoms with van der Waals surface area (Å²) in [5, 5.41) is 16.5. The molecule has 0 unspecified atom stereocenters. The minimum Gasteiger partial charge on any atom is -0.298 e. The van der Waals surface area contributed by atoms with Crippen LogP contribution in [0.1, 0.15) is 10.4 Å². The van der Waals surface area contributed by atoms with E-state index in [-0.39, 0.29) is 11.3 Å². The van der Waals surface area contributed by atoms with Gasteiger partial charge in [-0.05, 0) is 30.3 Å². The predicted molar refractivity (Wildman–Crippen MR) is 98.7 cm³/mol. The monoisotopic (exact) mass is 391 g/mol. The molecule has 0 saturated carbocycles. The lowest BCUT2D eigenvalue weighted by molar-refractivity contribution is -0.384. The molecule has 0 aliphatic heterocycles. The van der Waals surface area contributed by atoms with Crippen molar-refractivity contribution < 1.29 is 9.72 Å². The van der Waals surface area contributed by atoms with Crippen LogP contribution in [0.5, 0.6) is 0 Å². The van der Waals surface area contributed by atoms with E-state index < -0.39 is 10.8 Å². The molecule has 1 heterocycles. The quantitative estimate of drug-likeness (QED) is 0.482. The molecule has 6 nitrogen and oxygen atoms in total. The Kier molecular flexibility index (Phi) is 5.32. The Morgan fingerprint density at radius 2 is 2.00 bits per heavy atom. The Hall–Kier alpha value is -2.42. The first-order chi connectivity index (χ1) is 12.0. The van der Waals surface area contributed by atoms with Gasteiger partial charge in [0.1, 0.15) is 0 Å². The lowest BCUT2D eigenvalue weighted by Crippen LogP contribution is -2.13. The normalized spacial score (nSPS) is 10.4. The van der Waals surface area contributed by atoms with Crippen LogP contribution in [0, 0.1) is 10.1 Å². The van der Waals surface area contributed by atoms with E-state index in [1.807, 2.05) is 12.1 Å². The van der Waals surface area contributed by atoms with E-state index in [0.29, 0.717) is 15.0 Å². The molecule has 0 spiro atoms. The third-order valence-corrected chi connectivity index (χ3v) is 5.14. The van der Waals surface area contributed by atoms with Crippen molar-refractivity contribution in [3.05, 3.63) is 74.7 Å². The Morgan fingerprint density at radius 1 is 1.24 bits per heavy atom. The van der Waals surface area contributed by atoms with Crippen molar-refractivity contribution in [1.29, 1.82) is 0 Å². The maximum atomic E-state index is 12.6. The number of hydrogen-bond acceptors (Lipinski definition) is 6. The lowest BCUT2D eigenvalue weighted by Gasteiger charge is -2.09. The summed E-state index contributed by atoms with van der Waals surface area (Å²) in [5.41, 5.74) is 0.0640. The van der Waals surface area contributed by atoms with Crippen LogP contribution in [-0.4, -0.2) is 15.8 Å². The number of nitro benzene ring substituents is 1. The third kappa shape index (κ3) is 4.36. The summed E-state index contributed by atoms with van der Waals surface area (Å²) in [7, 11) is 0. The standard InChI is InChI=1S/C16H10ClN3O3S2/c17-10-1-4-12(5-2-10)25-14-6-3-11(20(22)23)9-13(14)15(21)19-16-18-7-8-24-16/h1-9H,(H,18,19,21). The number of nitro groups is 1. The predicted octanol–water partition coefficient (Wildman–Crippen LogP) is 5.11. The summed E-state index contributed by atoms with van der Waals surface area (Å²) in [5.74, 6) is -0.449. The zero-order valence-electron chi connectivity index (χ0n) is 12.5. The number of carbonyl (C=O) groups excluding carboxylic acids is 1. The number of aromatic nitrogens is 1. The molecule has 0 bridgehead atoms. The molecule has 0 saturated heterocycles. The van der Waals surface area contributed by atoms with Gasteiger partial charge in [-0.3, -0.25) is 20.2 Å². The van der Waals surface area contributed by atoms with Crippen LogP contribution in [0.3, 0.4) is 0 Å². The van der Waals surface area contributed by atoms with Gasteiger partial charge in [0.2, 0.25) is 0 Å². The maximum absolute atomic E-state index is 12.6. The van der Waals surface area contributed by atoms with E-state index in [4.69, 9.17) is 11.6 Å². The zero-order valence-corrected chi connectivity index (χ0v) is 14.9. The number of benzene rings is 2. The topological polar surface area (TPSA) is 85.1 Å². The number of non-ortho nitro benzene ring substituents is 1. The number of anilines is 1. The van der Waals surface area contributed by atoms with Gasteiger partial charge in [0.15, 0.2) is 5.13 Å². The van der Waals surface area contributed by atoms with Crippen LogP contribution in [-0.2, 0) is 0 Å². The smallest absolute Gasteiger partial charge is 0.270 e. The van der Waals surface area contributed by atoms with Gasteiger partial charge >= 0.3 is 0 Å². The molecule has 0 fully saturated rings. The van der Waals surface area contributed by atoms with Crippen LogP contribution in [0.25, 0.3) is 0 Å². The fraction of sp³-hybridized carbons (Fsp3) is 0. The van der Waals surface area contributed by atoms with E-state index in [9.17, 15) is 14.9 Å². The molecule has 3 rings (SSSR count). The average Bonchev–Trinajstić information content (AvgIpc) is 3.10. The highest BCUT2D eigenvalue weighted by molar-refractivity contribution is 7.99. The first kappa shape index (κ1) is 17.4. The fourth-order valence-corrected chi connectivity index (χ4v) is 3.55. The summed E-state index contributed by atoms with van der Waals surface area (Å²) < 4.78 is 0. The number of amides is 1. The summed E-state index contributed by atoms with van der Waals surface area (Å²) >= 11 is 8.47. The van der Waals surface area contributed by atoms with E-state index in [0.717, 1.165) is 4.90 Å². The van der Waals surface area contributed by atoms with Gasteiger partial charge in [0.05, 0.1) is 10.5 Å². The van der Waals surface area contributed by atoms with E-state index in [1.165, 1.54) is 35.2 Å². The molecule has 1 N–H and O–H groups in total. The summed E-state index contributed by atoms with van der Waals surface area (Å²) in [6.45, 7) is 0. The second kappa shape index (κ2) is 7.64. The SMILES string of the molecule is O=C(Nc1nccs1)c1cc([N+](=O)[O-])ccc1Sc1ccc(Cl)cc1.